The van der Waals surface area contributed by atoms with E-state index in [1.54, 1.807) is 134 Å². The quantitative estimate of drug-likeness (QED) is 0.105. The monoisotopic (exact) mass is 1420 g/mol. The summed E-state index contributed by atoms with van der Waals surface area (Å²) < 4.78 is 71.0. The number of ether oxygens (including phenoxy) is 4. The molecule has 1 saturated carbocycles. The SMILES string of the molecule is [3H]c1ccc(OCc2c(C)nn(C)c2-n2nnn(C)c2=O)c(C)c1.[3H]c1ccc(OCc2c(C3CC3)nn(C)c2-n2nnn(C)c2=O)c(C)c1.[3H]c1ccc(OCc2c(CC)nn(C)c2-n2nnn(C)c2=O)c(C)c1.[3H]c1ccc(OCc2c(I)nn(C)c2-n2nnn(C)c2=O)c(C)c1. The molecule has 0 amide bonds. The summed E-state index contributed by atoms with van der Waals surface area (Å²) in [5.74, 6) is 5.35. The molecule has 0 bridgehead atoms. The first-order chi connectivity index (χ1) is 47.1. The molecule has 12 aromatic rings. The Morgan fingerprint density at radius 2 is 0.726 bits per heavy atom. The topological polar surface area (TPSA) is 319 Å². The second-order valence-electron chi connectivity index (χ2n) is 22.1. The predicted octanol–water partition coefficient (Wildman–Crippen LogP) is 4.70. The number of rotatable bonds is 18. The number of aryl methyl sites for hydroxylation is 14. The van der Waals surface area contributed by atoms with E-state index in [0.717, 1.165) is 87.5 Å². The van der Waals surface area contributed by atoms with Crippen LogP contribution >= 0.6 is 22.6 Å². The van der Waals surface area contributed by atoms with Crippen molar-refractivity contribution in [2.45, 2.75) is 93.2 Å². The molecule has 0 spiro atoms. The third-order valence-electron chi connectivity index (χ3n) is 15.3. The van der Waals surface area contributed by atoms with Crippen LogP contribution in [-0.2, 0) is 89.2 Å². The number of hydrogen-bond acceptors (Lipinski definition) is 20. The Morgan fingerprint density at radius 1 is 0.411 bits per heavy atom. The van der Waals surface area contributed by atoms with Crippen molar-refractivity contribution in [2.24, 2.45) is 56.4 Å². The minimum atomic E-state index is -0.356. The Kier molecular flexibility index (Phi) is 18.8. The summed E-state index contributed by atoms with van der Waals surface area (Å²) in [6, 6.07) is 22.5. The molecule has 0 saturated heterocycles. The van der Waals surface area contributed by atoms with Gasteiger partial charge in [-0.1, -0.05) is 79.6 Å². The highest BCUT2D eigenvalue weighted by atomic mass is 127. The summed E-state index contributed by atoms with van der Waals surface area (Å²) in [6.07, 6.45) is 2.88. The molecular formula is C62H73IN24O8. The summed E-state index contributed by atoms with van der Waals surface area (Å²) in [4.78, 5) is 48.9. The third kappa shape index (κ3) is 14.5. The van der Waals surface area contributed by atoms with E-state index in [9.17, 15) is 19.2 Å². The van der Waals surface area contributed by atoms with Crippen LogP contribution in [0.1, 0.15) is 92.8 Å². The zero-order valence-electron chi connectivity index (χ0n) is 58.8. The van der Waals surface area contributed by atoms with Gasteiger partial charge in [-0.25, -0.2) is 23.9 Å². The van der Waals surface area contributed by atoms with E-state index in [2.05, 4.69) is 84.7 Å². The molecule has 0 aliphatic heterocycles. The fraction of sp³-hybridized carbons (Fsp3) is 0.355. The summed E-state index contributed by atoms with van der Waals surface area (Å²) >= 11 is 2.10. The second kappa shape index (κ2) is 29.0. The van der Waals surface area contributed by atoms with Crippen LogP contribution in [0.4, 0.5) is 0 Å². The molecule has 1 aliphatic carbocycles. The Balaban J connectivity index is 0.000000143. The first-order valence-electron chi connectivity index (χ1n) is 31.8. The third-order valence-corrected chi connectivity index (χ3v) is 16.1. The van der Waals surface area contributed by atoms with E-state index in [0.29, 0.717) is 82.8 Å². The molecule has 0 radical (unpaired) electrons. The van der Waals surface area contributed by atoms with Crippen LogP contribution in [0.25, 0.3) is 23.3 Å². The van der Waals surface area contributed by atoms with Gasteiger partial charge in [-0.2, -0.15) is 39.1 Å². The molecule has 13 rings (SSSR count). The average Bonchev–Trinajstić information content (AvgIpc) is 1.52. The fourth-order valence-corrected chi connectivity index (χ4v) is 10.8. The Hall–Kier alpha value is -10.9. The lowest BCUT2D eigenvalue weighted by Crippen LogP contribution is -2.24. The number of hydrogen-bond donors (Lipinski definition) is 0. The Labute approximate surface area is 562 Å². The van der Waals surface area contributed by atoms with Crippen LogP contribution in [0.3, 0.4) is 0 Å². The highest BCUT2D eigenvalue weighted by Crippen LogP contribution is 2.42. The van der Waals surface area contributed by atoms with Gasteiger partial charge in [0.15, 0.2) is 23.3 Å². The summed E-state index contributed by atoms with van der Waals surface area (Å²) in [6.45, 7) is 12.4. The van der Waals surface area contributed by atoms with E-state index < -0.39 is 0 Å². The average molecular weight is 1420 g/mol. The van der Waals surface area contributed by atoms with Crippen molar-refractivity contribution in [3.63, 3.8) is 0 Å². The molecule has 32 nitrogen and oxygen atoms in total. The van der Waals surface area contributed by atoms with Crippen molar-refractivity contribution < 1.29 is 24.4 Å². The lowest BCUT2D eigenvalue weighted by molar-refractivity contribution is 0.302. The second-order valence-corrected chi connectivity index (χ2v) is 23.2. The van der Waals surface area contributed by atoms with Gasteiger partial charge < -0.3 is 18.9 Å². The van der Waals surface area contributed by atoms with Gasteiger partial charge in [-0.05, 0) is 165 Å². The number of nitrogens with zero attached hydrogens (tertiary/aromatic N) is 24. The number of benzene rings is 4. The summed E-state index contributed by atoms with van der Waals surface area (Å²) in [5, 5.41) is 48.5. The lowest BCUT2D eigenvalue weighted by Gasteiger charge is -2.10. The highest BCUT2D eigenvalue weighted by molar-refractivity contribution is 14.1. The number of aromatic nitrogens is 24. The molecule has 8 heterocycles. The van der Waals surface area contributed by atoms with E-state index in [-0.39, 0.29) is 49.2 Å². The van der Waals surface area contributed by atoms with Crippen molar-refractivity contribution in [1.29, 1.82) is 0 Å². The molecule has 95 heavy (non-hydrogen) atoms. The van der Waals surface area contributed by atoms with E-state index in [1.165, 1.54) is 42.2 Å². The molecule has 496 valence electrons. The first-order valence-corrected chi connectivity index (χ1v) is 30.8. The minimum absolute atomic E-state index is 0.225. The van der Waals surface area contributed by atoms with Gasteiger partial charge in [-0.15, -0.1) is 18.7 Å². The maximum Gasteiger partial charge on any atom is 0.369 e. The van der Waals surface area contributed by atoms with Gasteiger partial charge in [0.25, 0.3) is 0 Å². The predicted molar refractivity (Wildman–Crippen MR) is 354 cm³/mol. The summed E-state index contributed by atoms with van der Waals surface area (Å²) in [5.41, 5.74) is 7.84. The molecule has 0 atom stereocenters. The molecule has 1 aliphatic rings. The maximum absolute atomic E-state index is 12.3. The van der Waals surface area contributed by atoms with Gasteiger partial charge in [0, 0.05) is 62.3 Å². The van der Waals surface area contributed by atoms with Gasteiger partial charge in [0.1, 0.15) is 53.1 Å². The van der Waals surface area contributed by atoms with Crippen molar-refractivity contribution in [1.82, 2.24) is 118 Å². The number of para-hydroxylation sites is 4. The number of tetrazole rings is 4. The van der Waals surface area contributed by atoms with Crippen LogP contribution in [0.15, 0.2) is 116 Å². The van der Waals surface area contributed by atoms with Crippen molar-refractivity contribution in [3.8, 4) is 46.3 Å². The molecular weight excluding hydrogens is 1340 g/mol. The maximum atomic E-state index is 12.3. The fourth-order valence-electron chi connectivity index (χ4n) is 10.0. The van der Waals surface area contributed by atoms with Crippen LogP contribution in [0.5, 0.6) is 23.0 Å². The smallest absolute Gasteiger partial charge is 0.369 e. The lowest BCUT2D eigenvalue weighted by atomic mass is 10.1. The van der Waals surface area contributed by atoms with Gasteiger partial charge >= 0.3 is 22.8 Å². The first kappa shape index (κ1) is 61.6. The molecule has 0 N–H and O–H groups in total. The van der Waals surface area contributed by atoms with E-state index in [4.69, 9.17) is 24.4 Å². The van der Waals surface area contributed by atoms with Gasteiger partial charge in [0.2, 0.25) is 0 Å². The van der Waals surface area contributed by atoms with E-state index >= 15 is 0 Å². The van der Waals surface area contributed by atoms with Crippen LogP contribution in [0.2, 0.25) is 0 Å². The zero-order chi connectivity index (χ0) is 71.4. The minimum Gasteiger partial charge on any atom is -0.488 e. The highest BCUT2D eigenvalue weighted by Gasteiger charge is 2.33. The molecule has 8 aromatic heterocycles. The molecule has 4 aromatic carbocycles. The normalized spacial score (nSPS) is 12.4. The molecule has 1 fully saturated rings. The van der Waals surface area contributed by atoms with Crippen molar-refractivity contribution in [2.75, 3.05) is 0 Å². The van der Waals surface area contributed by atoms with Crippen molar-refractivity contribution >= 4 is 22.6 Å². The standard InChI is InChI=1S/C17H20N6O2.C16H20N6O2.C15H18N6O2.C14H15IN6O2/c1-11-6-4-5-7-14(11)25-10-13-15(12-8-9-12)18-21(2)16(13)23-17(24)22(3)19-20-23;1-5-13-12(10-24-14-9-7-6-8-11(14)2)15(20(3)17-13)22-16(23)21(4)18-19-22;1-10-7-5-6-8-13(10)23-9-12-11(2)16-19(3)14(12)21-15(22)20(4)17-18-21;1-9-6-4-5-7-11(9)23-8-10-12(15)16-19(2)13(10)21-14(22)20(3)17-18-21/h4-7,12H,8-10H2,1-3H3;6-9H,5,10H2,1-4H3;5-8H,9H2,1-4H3;4-7H,8H2,1-3H3/i4T;6T;5T;4T. The number of halogens is 1. The summed E-state index contributed by atoms with van der Waals surface area (Å²) in [7, 11) is 13.2. The van der Waals surface area contributed by atoms with Gasteiger partial charge in [-0.3, -0.25) is 14.0 Å². The molecule has 33 heteroatoms. The Morgan fingerprint density at radius 3 is 1.08 bits per heavy atom. The van der Waals surface area contributed by atoms with Crippen LogP contribution in [-0.4, -0.2) is 118 Å². The largest absolute Gasteiger partial charge is 0.488 e. The van der Waals surface area contributed by atoms with Crippen molar-refractivity contribution in [3.05, 3.63) is 204 Å². The van der Waals surface area contributed by atoms with E-state index in [1.807, 2.05) is 41.5 Å². The zero-order valence-corrected chi connectivity index (χ0v) is 57.0. The molecule has 0 unspecified atom stereocenters. The van der Waals surface area contributed by atoms with Crippen LogP contribution in [0, 0.1) is 38.3 Å². The van der Waals surface area contributed by atoms with Gasteiger partial charge in [0.05, 0.1) is 44.8 Å². The van der Waals surface area contributed by atoms with Crippen LogP contribution < -0.4 is 41.7 Å². The Bertz CT molecular complexity index is 5040.